The number of nitrogens with one attached hydrogen (secondary N) is 1. The van der Waals surface area contributed by atoms with E-state index in [2.05, 4.69) is 5.32 Å². The van der Waals surface area contributed by atoms with Crippen molar-refractivity contribution < 1.29 is 5.11 Å². The number of phenols is 1. The molecule has 100 valence electrons. The molecule has 0 radical (unpaired) electrons. The Labute approximate surface area is 123 Å². The first-order chi connectivity index (χ1) is 9.08. The highest BCUT2D eigenvalue weighted by Crippen LogP contribution is 2.25. The Bertz CT molecular complexity index is 552. The quantitative estimate of drug-likeness (QED) is 0.867. The predicted molar refractivity (Wildman–Crippen MR) is 79.8 cm³/mol. The van der Waals surface area contributed by atoms with Crippen LogP contribution in [0.5, 0.6) is 5.75 Å². The molecule has 0 aliphatic carbocycles. The molecule has 0 fully saturated rings. The van der Waals surface area contributed by atoms with E-state index < -0.39 is 0 Å². The molecule has 1 atom stereocenters. The fraction of sp³-hybridized carbons (Fsp3) is 0.200. The van der Waals surface area contributed by atoms with Gasteiger partial charge in [0.05, 0.1) is 0 Å². The maximum atomic E-state index is 9.47. The van der Waals surface area contributed by atoms with Gasteiger partial charge in [-0.05, 0) is 36.8 Å². The molecule has 0 saturated heterocycles. The maximum absolute atomic E-state index is 9.47. The normalized spacial score (nSPS) is 12.4. The van der Waals surface area contributed by atoms with Gasteiger partial charge in [-0.25, -0.2) is 0 Å². The van der Waals surface area contributed by atoms with E-state index in [-0.39, 0.29) is 11.8 Å². The van der Waals surface area contributed by atoms with Crippen molar-refractivity contribution in [2.45, 2.75) is 19.5 Å². The van der Waals surface area contributed by atoms with E-state index in [1.54, 1.807) is 12.1 Å². The largest absolute Gasteiger partial charge is 0.508 e. The maximum Gasteiger partial charge on any atom is 0.115 e. The van der Waals surface area contributed by atoms with Crippen LogP contribution < -0.4 is 5.32 Å². The molecule has 0 amide bonds. The van der Waals surface area contributed by atoms with Gasteiger partial charge in [-0.1, -0.05) is 41.4 Å². The van der Waals surface area contributed by atoms with Gasteiger partial charge in [0.2, 0.25) is 0 Å². The number of halogens is 2. The van der Waals surface area contributed by atoms with E-state index in [1.807, 2.05) is 37.3 Å². The molecule has 2 aromatic carbocycles. The van der Waals surface area contributed by atoms with E-state index in [4.69, 9.17) is 23.2 Å². The highest BCUT2D eigenvalue weighted by molar-refractivity contribution is 6.35. The van der Waals surface area contributed by atoms with Crippen molar-refractivity contribution in [1.29, 1.82) is 0 Å². The molecule has 0 aromatic heterocycles. The Morgan fingerprint density at radius 3 is 2.37 bits per heavy atom. The third-order valence-corrected chi connectivity index (χ3v) is 3.73. The van der Waals surface area contributed by atoms with Crippen LogP contribution in [-0.2, 0) is 6.54 Å². The van der Waals surface area contributed by atoms with Crippen molar-refractivity contribution in [1.82, 2.24) is 5.32 Å². The summed E-state index contributed by atoms with van der Waals surface area (Å²) in [6.45, 7) is 2.61. The van der Waals surface area contributed by atoms with Crippen LogP contribution >= 0.6 is 23.2 Å². The number of hydrogen-bond donors (Lipinski definition) is 2. The topological polar surface area (TPSA) is 32.3 Å². The molecule has 2 rings (SSSR count). The number of aromatic hydroxyl groups is 1. The summed E-state index contributed by atoms with van der Waals surface area (Å²) in [7, 11) is 0. The zero-order valence-electron chi connectivity index (χ0n) is 10.5. The van der Waals surface area contributed by atoms with Crippen LogP contribution in [0.1, 0.15) is 24.1 Å². The van der Waals surface area contributed by atoms with Crippen LogP contribution in [0.3, 0.4) is 0 Å². The second-order valence-electron chi connectivity index (χ2n) is 4.40. The predicted octanol–water partition coefficient (Wildman–Crippen LogP) is 4.55. The molecule has 4 heteroatoms. The highest BCUT2D eigenvalue weighted by Gasteiger charge is 2.09. The fourth-order valence-corrected chi connectivity index (χ4v) is 2.40. The van der Waals surface area contributed by atoms with E-state index in [0.717, 1.165) is 11.1 Å². The smallest absolute Gasteiger partial charge is 0.115 e. The summed E-state index contributed by atoms with van der Waals surface area (Å²) < 4.78 is 0. The standard InChI is InChI=1S/C15H15Cl2NO/c1-10(11-4-2-5-12(19)8-11)18-9-13-14(16)6-3-7-15(13)17/h2-8,10,18-19H,9H2,1H3. The van der Waals surface area contributed by atoms with E-state index >= 15 is 0 Å². The average molecular weight is 296 g/mol. The van der Waals surface area contributed by atoms with Crippen LogP contribution in [0.4, 0.5) is 0 Å². The van der Waals surface area contributed by atoms with Gasteiger partial charge >= 0.3 is 0 Å². The van der Waals surface area contributed by atoms with Crippen LogP contribution in [0, 0.1) is 0 Å². The van der Waals surface area contributed by atoms with Crippen molar-refractivity contribution >= 4 is 23.2 Å². The lowest BCUT2D eigenvalue weighted by molar-refractivity contribution is 0.472. The van der Waals surface area contributed by atoms with Crippen molar-refractivity contribution in [3.05, 3.63) is 63.6 Å². The second kappa shape index (κ2) is 6.29. The minimum Gasteiger partial charge on any atom is -0.508 e. The number of rotatable bonds is 4. The molecule has 0 spiro atoms. The van der Waals surface area contributed by atoms with E-state index in [1.165, 1.54) is 0 Å². The Balaban J connectivity index is 2.06. The molecule has 0 aliphatic heterocycles. The summed E-state index contributed by atoms with van der Waals surface area (Å²) in [6, 6.07) is 12.8. The Kier molecular flexibility index (Phi) is 4.70. The molecule has 2 nitrogen and oxygen atoms in total. The van der Waals surface area contributed by atoms with Crippen molar-refractivity contribution in [3.8, 4) is 5.75 Å². The highest BCUT2D eigenvalue weighted by atomic mass is 35.5. The van der Waals surface area contributed by atoms with Gasteiger partial charge in [-0.15, -0.1) is 0 Å². The summed E-state index contributed by atoms with van der Waals surface area (Å²) in [5, 5.41) is 14.1. The molecule has 0 aliphatic rings. The van der Waals surface area contributed by atoms with Crippen LogP contribution in [0.15, 0.2) is 42.5 Å². The lowest BCUT2D eigenvalue weighted by Gasteiger charge is -2.16. The molecule has 2 aromatic rings. The van der Waals surface area contributed by atoms with Crippen LogP contribution in [0.2, 0.25) is 10.0 Å². The summed E-state index contributed by atoms with van der Waals surface area (Å²) in [5.74, 6) is 0.266. The van der Waals surface area contributed by atoms with Gasteiger partial charge in [-0.3, -0.25) is 0 Å². The summed E-state index contributed by atoms with van der Waals surface area (Å²) >= 11 is 12.2. The molecule has 1 unspecified atom stereocenters. The molecular weight excluding hydrogens is 281 g/mol. The lowest BCUT2D eigenvalue weighted by Crippen LogP contribution is -2.18. The Morgan fingerprint density at radius 2 is 1.74 bits per heavy atom. The first-order valence-electron chi connectivity index (χ1n) is 6.03. The van der Waals surface area contributed by atoms with Crippen LogP contribution in [-0.4, -0.2) is 5.11 Å². The zero-order valence-corrected chi connectivity index (χ0v) is 12.0. The second-order valence-corrected chi connectivity index (χ2v) is 5.21. The van der Waals surface area contributed by atoms with Crippen molar-refractivity contribution in [2.24, 2.45) is 0 Å². The van der Waals surface area contributed by atoms with Crippen molar-refractivity contribution in [2.75, 3.05) is 0 Å². The summed E-state index contributed by atoms with van der Waals surface area (Å²) in [5.41, 5.74) is 1.90. The Morgan fingerprint density at radius 1 is 1.11 bits per heavy atom. The minimum absolute atomic E-state index is 0.0967. The van der Waals surface area contributed by atoms with Gasteiger partial charge in [0.25, 0.3) is 0 Å². The lowest BCUT2D eigenvalue weighted by atomic mass is 10.1. The monoisotopic (exact) mass is 295 g/mol. The van der Waals surface area contributed by atoms with E-state index in [0.29, 0.717) is 16.6 Å². The van der Waals surface area contributed by atoms with Gasteiger partial charge in [-0.2, -0.15) is 0 Å². The Hall–Kier alpha value is -1.22. The summed E-state index contributed by atoms with van der Waals surface area (Å²) in [4.78, 5) is 0. The number of phenolic OH excluding ortho intramolecular Hbond substituents is 1. The SMILES string of the molecule is CC(NCc1c(Cl)cccc1Cl)c1cccc(O)c1. The third kappa shape index (κ3) is 3.63. The summed E-state index contributed by atoms with van der Waals surface area (Å²) in [6.07, 6.45) is 0. The first kappa shape index (κ1) is 14.2. The number of benzene rings is 2. The van der Waals surface area contributed by atoms with Crippen molar-refractivity contribution in [3.63, 3.8) is 0 Å². The van der Waals surface area contributed by atoms with Gasteiger partial charge in [0.15, 0.2) is 0 Å². The molecule has 19 heavy (non-hydrogen) atoms. The average Bonchev–Trinajstić information content (AvgIpc) is 2.38. The van der Waals surface area contributed by atoms with Gasteiger partial charge in [0, 0.05) is 28.2 Å². The molecule has 2 N–H and O–H groups in total. The molecule has 0 bridgehead atoms. The van der Waals surface area contributed by atoms with Gasteiger partial charge < -0.3 is 10.4 Å². The number of hydrogen-bond acceptors (Lipinski definition) is 2. The minimum atomic E-state index is 0.0967. The molecular formula is C15H15Cl2NO. The van der Waals surface area contributed by atoms with Crippen LogP contribution in [0.25, 0.3) is 0 Å². The zero-order chi connectivity index (χ0) is 13.8. The third-order valence-electron chi connectivity index (χ3n) is 3.02. The van der Waals surface area contributed by atoms with Gasteiger partial charge in [0.1, 0.15) is 5.75 Å². The fourth-order valence-electron chi connectivity index (χ4n) is 1.87. The molecule has 0 heterocycles. The first-order valence-corrected chi connectivity index (χ1v) is 6.78. The molecule has 0 saturated carbocycles. The van der Waals surface area contributed by atoms with E-state index in [9.17, 15) is 5.11 Å².